The second kappa shape index (κ2) is 9.03. The normalized spacial score (nSPS) is 19.3. The second-order valence-corrected chi connectivity index (χ2v) is 8.84. The lowest BCUT2D eigenvalue weighted by Crippen LogP contribution is -2.45. The van der Waals surface area contributed by atoms with Crippen molar-refractivity contribution in [3.8, 4) is 0 Å². The number of anilines is 1. The average molecular weight is 405 g/mol. The van der Waals surface area contributed by atoms with Gasteiger partial charge in [0.25, 0.3) is 0 Å². The summed E-state index contributed by atoms with van der Waals surface area (Å²) in [6.07, 6.45) is 3.78. The van der Waals surface area contributed by atoms with Gasteiger partial charge < -0.3 is 24.4 Å². The van der Waals surface area contributed by atoms with Gasteiger partial charge in [0.2, 0.25) is 0 Å². The Morgan fingerprint density at radius 2 is 1.45 bits per heavy atom. The predicted octanol–water partition coefficient (Wildman–Crippen LogP) is 3.77. The minimum absolute atomic E-state index is 0.195. The lowest BCUT2D eigenvalue weighted by Gasteiger charge is -2.38. The number of hydrogen-bond acceptors (Lipinski definition) is 5. The Kier molecular flexibility index (Phi) is 6.67. The lowest BCUT2D eigenvalue weighted by molar-refractivity contribution is -0.0535. The van der Waals surface area contributed by atoms with Gasteiger partial charge in [0.05, 0.1) is 17.8 Å². The smallest absolute Gasteiger partial charge is 0.410 e. The van der Waals surface area contributed by atoms with Crippen molar-refractivity contribution in [2.45, 2.75) is 64.3 Å². The number of ether oxygens (including phenoxy) is 2. The summed E-state index contributed by atoms with van der Waals surface area (Å²) < 4.78 is 11.8. The van der Waals surface area contributed by atoms with E-state index in [2.05, 4.69) is 4.90 Å². The number of hydrogen-bond donors (Lipinski definition) is 1. The zero-order chi connectivity index (χ0) is 21.0. The molecular formula is C22H32N2O5. The van der Waals surface area contributed by atoms with Crippen LogP contribution in [0.5, 0.6) is 0 Å². The molecule has 2 fully saturated rings. The summed E-state index contributed by atoms with van der Waals surface area (Å²) in [6.45, 7) is 8.79. The Balaban J connectivity index is 1.40. The second-order valence-electron chi connectivity index (χ2n) is 8.84. The van der Waals surface area contributed by atoms with Crippen molar-refractivity contribution < 1.29 is 24.2 Å². The Labute approximate surface area is 172 Å². The monoisotopic (exact) mass is 404 g/mol. The number of carbonyl (C=O) groups excluding carboxylic acids is 1. The standard InChI is InChI=1S/C22H32N2O5/c1-22(2,3)29-21(27)24-14-10-19(11-15-24)28-18-8-12-23(13-9-18)17-6-4-16(5-7-17)20(25)26/h4-7,18-19H,8-15H2,1-3H3,(H,25,26). The van der Waals surface area contributed by atoms with E-state index in [1.54, 1.807) is 17.0 Å². The Morgan fingerprint density at radius 1 is 0.931 bits per heavy atom. The number of likely N-dealkylation sites (tertiary alicyclic amines) is 1. The highest BCUT2D eigenvalue weighted by atomic mass is 16.6. The molecule has 0 aromatic heterocycles. The van der Waals surface area contributed by atoms with Crippen LogP contribution >= 0.6 is 0 Å². The van der Waals surface area contributed by atoms with Gasteiger partial charge in [-0.05, 0) is 70.7 Å². The number of benzene rings is 1. The summed E-state index contributed by atoms with van der Waals surface area (Å²) >= 11 is 0. The third-order valence-corrected chi connectivity index (χ3v) is 5.40. The molecule has 2 heterocycles. The maximum absolute atomic E-state index is 12.2. The first-order valence-electron chi connectivity index (χ1n) is 10.4. The highest BCUT2D eigenvalue weighted by Crippen LogP contribution is 2.25. The van der Waals surface area contributed by atoms with Gasteiger partial charge >= 0.3 is 12.1 Å². The van der Waals surface area contributed by atoms with E-state index in [-0.39, 0.29) is 18.3 Å². The fourth-order valence-corrected chi connectivity index (χ4v) is 3.84. The van der Waals surface area contributed by atoms with Gasteiger partial charge in [-0.3, -0.25) is 0 Å². The van der Waals surface area contributed by atoms with E-state index in [0.29, 0.717) is 18.7 Å². The maximum Gasteiger partial charge on any atom is 0.410 e. The van der Waals surface area contributed by atoms with Gasteiger partial charge in [-0.1, -0.05) is 0 Å². The molecule has 2 aliphatic heterocycles. The number of amides is 1. The average Bonchev–Trinajstić information content (AvgIpc) is 2.68. The lowest BCUT2D eigenvalue weighted by atomic mass is 10.0. The predicted molar refractivity (Wildman–Crippen MR) is 111 cm³/mol. The first-order chi connectivity index (χ1) is 13.7. The van der Waals surface area contributed by atoms with Gasteiger partial charge in [-0.2, -0.15) is 0 Å². The summed E-state index contributed by atoms with van der Waals surface area (Å²) in [5, 5.41) is 9.01. The Hall–Kier alpha value is -2.28. The van der Waals surface area contributed by atoms with Crippen molar-refractivity contribution in [2.75, 3.05) is 31.1 Å². The van der Waals surface area contributed by atoms with Crippen molar-refractivity contribution in [1.29, 1.82) is 0 Å². The van der Waals surface area contributed by atoms with Crippen LogP contribution in [0, 0.1) is 0 Å². The third-order valence-electron chi connectivity index (χ3n) is 5.40. The summed E-state index contributed by atoms with van der Waals surface area (Å²) in [5.41, 5.74) is 0.899. The number of carboxylic acids is 1. The molecule has 29 heavy (non-hydrogen) atoms. The summed E-state index contributed by atoms with van der Waals surface area (Å²) in [4.78, 5) is 27.2. The molecule has 0 saturated carbocycles. The van der Waals surface area contributed by atoms with Crippen LogP contribution in [0.2, 0.25) is 0 Å². The van der Waals surface area contributed by atoms with Gasteiger partial charge in [-0.15, -0.1) is 0 Å². The molecule has 0 atom stereocenters. The summed E-state index contributed by atoms with van der Waals surface area (Å²) in [6, 6.07) is 7.05. The SMILES string of the molecule is CC(C)(C)OC(=O)N1CCC(OC2CCN(c3ccc(C(=O)O)cc3)CC2)CC1. The summed E-state index contributed by atoms with van der Waals surface area (Å²) in [5.74, 6) is -0.902. The van der Waals surface area contributed by atoms with Crippen LogP contribution in [0.15, 0.2) is 24.3 Å². The number of carboxylic acid groups (broad SMARTS) is 1. The van der Waals surface area contributed by atoms with Gasteiger partial charge in [0.15, 0.2) is 0 Å². The van der Waals surface area contributed by atoms with Crippen LogP contribution < -0.4 is 4.90 Å². The van der Waals surface area contributed by atoms with E-state index >= 15 is 0 Å². The highest BCUT2D eigenvalue weighted by molar-refractivity contribution is 5.88. The van der Waals surface area contributed by atoms with E-state index in [1.807, 2.05) is 32.9 Å². The molecule has 1 aromatic carbocycles. The molecule has 160 valence electrons. The van der Waals surface area contributed by atoms with Gasteiger partial charge in [0.1, 0.15) is 5.60 Å². The van der Waals surface area contributed by atoms with E-state index in [0.717, 1.165) is 44.5 Å². The van der Waals surface area contributed by atoms with Gasteiger partial charge in [-0.25, -0.2) is 9.59 Å². The minimum atomic E-state index is -0.902. The fraction of sp³-hybridized carbons (Fsp3) is 0.636. The zero-order valence-corrected chi connectivity index (χ0v) is 17.6. The van der Waals surface area contributed by atoms with Crippen molar-refractivity contribution in [1.82, 2.24) is 4.90 Å². The van der Waals surface area contributed by atoms with Crippen molar-refractivity contribution in [3.05, 3.63) is 29.8 Å². The number of aromatic carboxylic acids is 1. The Bertz CT molecular complexity index is 697. The van der Waals surface area contributed by atoms with Crippen molar-refractivity contribution in [3.63, 3.8) is 0 Å². The highest BCUT2D eigenvalue weighted by Gasteiger charge is 2.29. The van der Waals surface area contributed by atoms with Crippen LogP contribution in [0.4, 0.5) is 10.5 Å². The number of rotatable bonds is 4. The topological polar surface area (TPSA) is 79.3 Å². The minimum Gasteiger partial charge on any atom is -0.478 e. The largest absolute Gasteiger partial charge is 0.478 e. The first-order valence-corrected chi connectivity index (χ1v) is 10.4. The summed E-state index contributed by atoms with van der Waals surface area (Å²) in [7, 11) is 0. The van der Waals surface area contributed by atoms with Crippen molar-refractivity contribution >= 4 is 17.7 Å². The molecule has 7 heteroatoms. The molecule has 0 aliphatic carbocycles. The molecule has 0 radical (unpaired) electrons. The maximum atomic E-state index is 12.2. The molecule has 2 aliphatic rings. The van der Waals surface area contributed by atoms with Crippen LogP contribution in [-0.4, -0.2) is 66.1 Å². The molecular weight excluding hydrogens is 372 g/mol. The molecule has 0 unspecified atom stereocenters. The molecule has 2 saturated heterocycles. The quantitative estimate of drug-likeness (QED) is 0.823. The number of nitrogens with zero attached hydrogens (tertiary/aromatic N) is 2. The molecule has 1 N–H and O–H groups in total. The molecule has 3 rings (SSSR count). The number of piperidine rings is 2. The molecule has 1 aromatic rings. The molecule has 0 bridgehead atoms. The zero-order valence-electron chi connectivity index (χ0n) is 17.6. The number of carbonyl (C=O) groups is 2. The third kappa shape index (κ3) is 6.10. The van der Waals surface area contributed by atoms with Crippen LogP contribution in [0.3, 0.4) is 0 Å². The first kappa shape index (κ1) is 21.4. The van der Waals surface area contributed by atoms with Gasteiger partial charge in [0, 0.05) is 31.9 Å². The van der Waals surface area contributed by atoms with Crippen LogP contribution in [0.25, 0.3) is 0 Å². The molecule has 7 nitrogen and oxygen atoms in total. The van der Waals surface area contributed by atoms with E-state index in [1.165, 1.54) is 0 Å². The van der Waals surface area contributed by atoms with E-state index < -0.39 is 11.6 Å². The molecule has 1 amide bonds. The Morgan fingerprint density at radius 3 is 1.93 bits per heavy atom. The van der Waals surface area contributed by atoms with Crippen LogP contribution in [0.1, 0.15) is 56.8 Å². The van der Waals surface area contributed by atoms with Crippen LogP contribution in [-0.2, 0) is 9.47 Å². The van der Waals surface area contributed by atoms with E-state index in [9.17, 15) is 9.59 Å². The fourth-order valence-electron chi connectivity index (χ4n) is 3.84. The van der Waals surface area contributed by atoms with E-state index in [4.69, 9.17) is 14.6 Å². The molecule has 0 spiro atoms. The van der Waals surface area contributed by atoms with Crippen molar-refractivity contribution in [2.24, 2.45) is 0 Å².